The Bertz CT molecular complexity index is 1100. The van der Waals surface area contributed by atoms with Crippen LogP contribution in [0.25, 0.3) is 10.6 Å². The second-order valence-electron chi connectivity index (χ2n) is 8.89. The number of hydrogen-bond donors (Lipinski definition) is 1. The van der Waals surface area contributed by atoms with Gasteiger partial charge in [0.1, 0.15) is 6.10 Å². The molecule has 0 bridgehead atoms. The van der Waals surface area contributed by atoms with Crippen LogP contribution in [0.5, 0.6) is 6.01 Å². The predicted octanol–water partition coefficient (Wildman–Crippen LogP) is 3.14. The number of hydrogen-bond acceptors (Lipinski definition) is 11. The van der Waals surface area contributed by atoms with Gasteiger partial charge in [0.15, 0.2) is 5.13 Å². The highest BCUT2D eigenvalue weighted by Gasteiger charge is 2.18. The van der Waals surface area contributed by atoms with Gasteiger partial charge in [0.05, 0.1) is 23.8 Å². The molecule has 0 radical (unpaired) electrons. The van der Waals surface area contributed by atoms with E-state index in [1.807, 2.05) is 25.4 Å². The molecule has 186 valence electrons. The van der Waals surface area contributed by atoms with E-state index in [9.17, 15) is 0 Å². The van der Waals surface area contributed by atoms with Crippen LogP contribution >= 0.6 is 11.3 Å². The molecule has 0 saturated carbocycles. The summed E-state index contributed by atoms with van der Waals surface area (Å²) in [6.45, 7) is 12.0. The van der Waals surface area contributed by atoms with E-state index >= 15 is 0 Å². The van der Waals surface area contributed by atoms with Crippen LogP contribution < -0.4 is 10.1 Å². The summed E-state index contributed by atoms with van der Waals surface area (Å²) in [7, 11) is 0. The summed E-state index contributed by atoms with van der Waals surface area (Å²) in [6, 6.07) is 2.35. The third-order valence-electron chi connectivity index (χ3n) is 6.27. The van der Waals surface area contributed by atoms with E-state index in [0.717, 1.165) is 73.9 Å². The molecule has 1 N–H and O–H groups in total. The molecular weight excluding hydrogens is 464 g/mol. The second-order valence-corrected chi connectivity index (χ2v) is 9.92. The smallest absolute Gasteiger partial charge is 0.317 e. The van der Waals surface area contributed by atoms with Crippen molar-refractivity contribution < 1.29 is 9.47 Å². The van der Waals surface area contributed by atoms with Crippen molar-refractivity contribution in [2.75, 3.05) is 51.3 Å². The zero-order chi connectivity index (χ0) is 24.0. The number of nitrogens with zero attached hydrogens (tertiary/aromatic N) is 7. The van der Waals surface area contributed by atoms with Gasteiger partial charge >= 0.3 is 6.01 Å². The minimum atomic E-state index is 0.0955. The zero-order valence-electron chi connectivity index (χ0n) is 20.3. The van der Waals surface area contributed by atoms with Crippen molar-refractivity contribution in [3.05, 3.63) is 35.9 Å². The summed E-state index contributed by atoms with van der Waals surface area (Å²) in [6.07, 6.45) is 7.40. The summed E-state index contributed by atoms with van der Waals surface area (Å²) < 4.78 is 11.4. The van der Waals surface area contributed by atoms with Crippen LogP contribution in [0.4, 0.5) is 11.1 Å². The van der Waals surface area contributed by atoms with E-state index in [2.05, 4.69) is 47.0 Å². The molecule has 2 aliphatic heterocycles. The van der Waals surface area contributed by atoms with Gasteiger partial charge in [-0.1, -0.05) is 18.3 Å². The molecule has 0 unspecified atom stereocenters. The lowest BCUT2D eigenvalue weighted by Gasteiger charge is -2.33. The lowest BCUT2D eigenvalue weighted by atomic mass is 10.2. The number of aryl methyl sites for hydroxylation is 1. The summed E-state index contributed by atoms with van der Waals surface area (Å²) >= 11 is 1.50. The molecule has 2 saturated heterocycles. The fourth-order valence-corrected chi connectivity index (χ4v) is 5.00. The number of anilines is 2. The Hall–Kier alpha value is -2.73. The average Bonchev–Trinajstić information content (AvgIpc) is 3.35. The number of ether oxygens (including phenoxy) is 2. The monoisotopic (exact) mass is 496 g/mol. The highest BCUT2D eigenvalue weighted by molar-refractivity contribution is 7.18. The number of piperazine rings is 1. The lowest BCUT2D eigenvalue weighted by molar-refractivity contribution is 0.0217. The molecule has 5 heterocycles. The molecule has 0 spiro atoms. The van der Waals surface area contributed by atoms with Crippen LogP contribution in [0.1, 0.15) is 31.0 Å². The molecule has 10 nitrogen and oxygen atoms in total. The van der Waals surface area contributed by atoms with Crippen molar-refractivity contribution in [2.24, 2.45) is 0 Å². The first-order valence-corrected chi connectivity index (χ1v) is 13.0. The van der Waals surface area contributed by atoms with Gasteiger partial charge in [0.2, 0.25) is 5.95 Å². The first-order valence-electron chi connectivity index (χ1n) is 12.2. The summed E-state index contributed by atoms with van der Waals surface area (Å²) in [5.41, 5.74) is 2.77. The van der Waals surface area contributed by atoms with Crippen LogP contribution in [0.15, 0.2) is 24.7 Å². The van der Waals surface area contributed by atoms with Crippen molar-refractivity contribution in [1.29, 1.82) is 0 Å². The van der Waals surface area contributed by atoms with Crippen LogP contribution in [-0.2, 0) is 11.3 Å². The SMILES string of the molecule is CCN1CCN(Cc2cnc(Nc3ncc(-c4cc(C)nc(OC5CCOCC5)n4)s3)nc2)CC1. The van der Waals surface area contributed by atoms with E-state index in [0.29, 0.717) is 30.3 Å². The Labute approximate surface area is 209 Å². The number of nitrogens with one attached hydrogen (secondary N) is 1. The molecule has 0 aromatic carbocycles. The highest BCUT2D eigenvalue weighted by atomic mass is 32.1. The molecule has 3 aromatic heterocycles. The maximum Gasteiger partial charge on any atom is 0.317 e. The van der Waals surface area contributed by atoms with Crippen molar-refractivity contribution in [2.45, 2.75) is 39.3 Å². The molecule has 0 atom stereocenters. The largest absolute Gasteiger partial charge is 0.460 e. The normalized spacial score (nSPS) is 18.0. The van der Waals surface area contributed by atoms with Gasteiger partial charge in [-0.2, -0.15) is 4.98 Å². The molecular formula is C24H32N8O2S. The molecule has 2 fully saturated rings. The Kier molecular flexibility index (Phi) is 7.77. The fraction of sp³-hybridized carbons (Fsp3) is 0.542. The van der Waals surface area contributed by atoms with Crippen LogP contribution in [0.3, 0.4) is 0 Å². The van der Waals surface area contributed by atoms with E-state index < -0.39 is 0 Å². The number of thiazole rings is 1. The molecule has 2 aliphatic rings. The fourth-order valence-electron chi connectivity index (χ4n) is 4.23. The van der Waals surface area contributed by atoms with Gasteiger partial charge in [0.25, 0.3) is 0 Å². The molecule has 11 heteroatoms. The summed E-state index contributed by atoms with van der Waals surface area (Å²) in [5, 5.41) is 3.92. The molecule has 0 aliphatic carbocycles. The Morgan fingerprint density at radius 1 is 1.03 bits per heavy atom. The van der Waals surface area contributed by atoms with Crippen molar-refractivity contribution in [1.82, 2.24) is 34.7 Å². The minimum absolute atomic E-state index is 0.0955. The summed E-state index contributed by atoms with van der Waals surface area (Å²) in [4.78, 5) is 28.4. The van der Waals surface area contributed by atoms with Crippen LogP contribution in [0.2, 0.25) is 0 Å². The first-order chi connectivity index (χ1) is 17.1. The number of likely N-dealkylation sites (N-methyl/N-ethyl adjacent to an activating group) is 1. The minimum Gasteiger partial charge on any atom is -0.460 e. The quantitative estimate of drug-likeness (QED) is 0.500. The highest BCUT2D eigenvalue weighted by Crippen LogP contribution is 2.30. The van der Waals surface area contributed by atoms with Gasteiger partial charge in [0, 0.05) is 75.4 Å². The lowest BCUT2D eigenvalue weighted by Crippen LogP contribution is -2.45. The molecule has 3 aromatic rings. The van der Waals surface area contributed by atoms with Gasteiger partial charge in [-0.05, 0) is 19.5 Å². The number of aromatic nitrogens is 5. The van der Waals surface area contributed by atoms with Gasteiger partial charge in [-0.25, -0.2) is 19.9 Å². The zero-order valence-corrected chi connectivity index (χ0v) is 21.1. The first kappa shape index (κ1) is 24.0. The van der Waals surface area contributed by atoms with E-state index in [1.165, 1.54) is 11.3 Å². The van der Waals surface area contributed by atoms with E-state index in [4.69, 9.17) is 9.47 Å². The van der Waals surface area contributed by atoms with Crippen LogP contribution in [0, 0.1) is 6.92 Å². The number of rotatable bonds is 8. The van der Waals surface area contributed by atoms with Gasteiger partial charge in [-0.3, -0.25) is 4.90 Å². The Morgan fingerprint density at radius 3 is 2.51 bits per heavy atom. The maximum atomic E-state index is 6.02. The van der Waals surface area contributed by atoms with E-state index in [1.54, 1.807) is 6.20 Å². The van der Waals surface area contributed by atoms with Crippen molar-refractivity contribution >= 4 is 22.4 Å². The Morgan fingerprint density at radius 2 is 1.77 bits per heavy atom. The third-order valence-corrected chi connectivity index (χ3v) is 7.21. The summed E-state index contributed by atoms with van der Waals surface area (Å²) in [5.74, 6) is 0.535. The molecule has 0 amide bonds. The van der Waals surface area contributed by atoms with E-state index in [-0.39, 0.29) is 6.10 Å². The van der Waals surface area contributed by atoms with Gasteiger partial charge in [-0.15, -0.1) is 0 Å². The Balaban J connectivity index is 1.19. The topological polar surface area (TPSA) is 101 Å². The van der Waals surface area contributed by atoms with Crippen LogP contribution in [-0.4, -0.2) is 86.8 Å². The predicted molar refractivity (Wildman–Crippen MR) is 135 cm³/mol. The maximum absolute atomic E-state index is 6.02. The van der Waals surface area contributed by atoms with Crippen molar-refractivity contribution in [3.8, 4) is 16.6 Å². The average molecular weight is 497 g/mol. The second kappa shape index (κ2) is 11.3. The van der Waals surface area contributed by atoms with Gasteiger partial charge < -0.3 is 19.7 Å². The third kappa shape index (κ3) is 6.49. The molecule has 5 rings (SSSR count). The van der Waals surface area contributed by atoms with Crippen molar-refractivity contribution in [3.63, 3.8) is 0 Å². The standard InChI is InChI=1S/C24H32N8O2S/c1-3-31-6-8-32(9-7-31)16-18-13-25-22(26-14-18)30-24-27-15-21(35-24)20-12-17(2)28-23(29-20)34-19-4-10-33-11-5-19/h12-15,19H,3-11,16H2,1-2H3,(H,25,26,27,30). The molecule has 35 heavy (non-hydrogen) atoms.